The molecule has 2 heterocycles. The van der Waals surface area contributed by atoms with Crippen LogP contribution in [0, 0.1) is 0 Å². The Bertz CT molecular complexity index is 698. The maximum absolute atomic E-state index is 12.5. The first kappa shape index (κ1) is 16.7. The van der Waals surface area contributed by atoms with Gasteiger partial charge in [0.25, 0.3) is 5.91 Å². The van der Waals surface area contributed by atoms with Crippen molar-refractivity contribution in [1.82, 2.24) is 5.32 Å². The van der Waals surface area contributed by atoms with Crippen LogP contribution in [-0.4, -0.2) is 31.0 Å². The molecule has 24 heavy (non-hydrogen) atoms. The molecular weight excluding hydrogens is 324 g/mol. The van der Waals surface area contributed by atoms with Crippen molar-refractivity contribution in [3.63, 3.8) is 0 Å². The van der Waals surface area contributed by atoms with Crippen LogP contribution in [0.1, 0.15) is 18.2 Å². The van der Waals surface area contributed by atoms with Gasteiger partial charge in [0, 0.05) is 11.4 Å². The minimum Gasteiger partial charge on any atom is -0.494 e. The number of ether oxygens (including phenoxy) is 1. The second kappa shape index (κ2) is 7.59. The summed E-state index contributed by atoms with van der Waals surface area (Å²) in [6.45, 7) is 3.17. The Hall–Kier alpha value is -2.18. The summed E-state index contributed by atoms with van der Waals surface area (Å²) in [6, 6.07) is 10.7. The fraction of sp³-hybridized carbons (Fsp3) is 0.333. The number of amides is 2. The maximum atomic E-state index is 12.5. The van der Waals surface area contributed by atoms with Gasteiger partial charge in [0.05, 0.1) is 24.8 Å². The molecule has 0 unspecified atom stereocenters. The second-order valence-corrected chi connectivity index (χ2v) is 6.57. The second-order valence-electron chi connectivity index (χ2n) is 5.53. The molecule has 2 amide bonds. The van der Waals surface area contributed by atoms with Crippen molar-refractivity contribution in [2.45, 2.75) is 25.8 Å². The van der Waals surface area contributed by atoms with E-state index in [0.717, 1.165) is 12.2 Å². The van der Waals surface area contributed by atoms with Gasteiger partial charge in [-0.25, -0.2) is 4.90 Å². The van der Waals surface area contributed by atoms with Gasteiger partial charge in [-0.05, 0) is 49.1 Å². The number of benzene rings is 1. The van der Waals surface area contributed by atoms with E-state index < -0.39 is 6.04 Å². The lowest BCUT2D eigenvalue weighted by Crippen LogP contribution is -2.39. The summed E-state index contributed by atoms with van der Waals surface area (Å²) in [4.78, 5) is 27.3. The van der Waals surface area contributed by atoms with Gasteiger partial charge >= 0.3 is 0 Å². The lowest BCUT2D eigenvalue weighted by atomic mass is 10.2. The van der Waals surface area contributed by atoms with E-state index in [1.54, 1.807) is 35.6 Å². The average Bonchev–Trinajstić information content (AvgIpc) is 3.18. The van der Waals surface area contributed by atoms with Crippen LogP contribution in [0.5, 0.6) is 5.75 Å². The molecule has 0 aliphatic carbocycles. The van der Waals surface area contributed by atoms with Gasteiger partial charge in [-0.2, -0.15) is 0 Å². The first-order valence-corrected chi connectivity index (χ1v) is 8.92. The Kier molecular flexibility index (Phi) is 5.27. The lowest BCUT2D eigenvalue weighted by Gasteiger charge is -2.16. The molecule has 5 nitrogen and oxygen atoms in total. The predicted octanol–water partition coefficient (Wildman–Crippen LogP) is 2.61. The standard InChI is InChI=1S/C18H20N2O3S/c1-2-23-14-7-5-13(6-8-14)20-17(21)12-16(18(20)22)19-10-9-15-4-3-11-24-15/h3-8,11,16,19H,2,9-10,12H2,1H3/t16-/m0/s1. The van der Waals surface area contributed by atoms with Gasteiger partial charge in [0.2, 0.25) is 5.91 Å². The number of nitrogens with one attached hydrogen (secondary N) is 1. The highest BCUT2D eigenvalue weighted by molar-refractivity contribution is 7.09. The molecule has 0 saturated carbocycles. The van der Waals surface area contributed by atoms with E-state index in [0.29, 0.717) is 18.8 Å². The molecule has 1 N–H and O–H groups in total. The number of anilines is 1. The minimum atomic E-state index is -0.441. The summed E-state index contributed by atoms with van der Waals surface area (Å²) >= 11 is 1.70. The summed E-state index contributed by atoms with van der Waals surface area (Å²) in [7, 11) is 0. The van der Waals surface area contributed by atoms with Crippen LogP contribution in [-0.2, 0) is 16.0 Å². The highest BCUT2D eigenvalue weighted by atomic mass is 32.1. The zero-order valence-corrected chi connectivity index (χ0v) is 14.3. The number of carbonyl (C=O) groups excluding carboxylic acids is 2. The number of rotatable bonds is 7. The Balaban J connectivity index is 1.60. The summed E-state index contributed by atoms with van der Waals surface area (Å²) in [5.74, 6) is 0.374. The molecule has 1 aromatic carbocycles. The minimum absolute atomic E-state index is 0.169. The smallest absolute Gasteiger partial charge is 0.251 e. The normalized spacial score (nSPS) is 17.5. The molecule has 1 aliphatic heterocycles. The first-order valence-electron chi connectivity index (χ1n) is 8.04. The number of hydrogen-bond acceptors (Lipinski definition) is 5. The van der Waals surface area contributed by atoms with E-state index in [1.165, 1.54) is 9.78 Å². The van der Waals surface area contributed by atoms with Crippen molar-refractivity contribution >= 4 is 28.8 Å². The first-order chi connectivity index (χ1) is 11.7. The van der Waals surface area contributed by atoms with Gasteiger partial charge in [0.1, 0.15) is 5.75 Å². The molecule has 1 saturated heterocycles. The lowest BCUT2D eigenvalue weighted by molar-refractivity contribution is -0.121. The quantitative estimate of drug-likeness (QED) is 0.785. The number of hydrogen-bond donors (Lipinski definition) is 1. The summed E-state index contributed by atoms with van der Waals surface area (Å²) in [5, 5.41) is 5.24. The molecular formula is C18H20N2O3S. The molecule has 2 aromatic rings. The van der Waals surface area contributed by atoms with Crippen molar-refractivity contribution in [2.24, 2.45) is 0 Å². The Morgan fingerprint density at radius 3 is 2.71 bits per heavy atom. The molecule has 6 heteroatoms. The Morgan fingerprint density at radius 2 is 2.04 bits per heavy atom. The zero-order valence-electron chi connectivity index (χ0n) is 13.5. The fourth-order valence-corrected chi connectivity index (χ4v) is 3.45. The van der Waals surface area contributed by atoms with Crippen LogP contribution in [0.3, 0.4) is 0 Å². The van der Waals surface area contributed by atoms with Crippen LogP contribution in [0.2, 0.25) is 0 Å². The van der Waals surface area contributed by atoms with E-state index in [4.69, 9.17) is 4.74 Å². The van der Waals surface area contributed by atoms with Gasteiger partial charge in [-0.3, -0.25) is 9.59 Å². The van der Waals surface area contributed by atoms with Crippen molar-refractivity contribution in [2.75, 3.05) is 18.1 Å². The van der Waals surface area contributed by atoms with Crippen LogP contribution in [0.4, 0.5) is 5.69 Å². The Morgan fingerprint density at radius 1 is 1.25 bits per heavy atom. The predicted molar refractivity (Wildman–Crippen MR) is 94.5 cm³/mol. The number of thiophene rings is 1. The zero-order chi connectivity index (χ0) is 16.9. The fourth-order valence-electron chi connectivity index (χ4n) is 2.75. The van der Waals surface area contributed by atoms with Crippen molar-refractivity contribution < 1.29 is 14.3 Å². The van der Waals surface area contributed by atoms with E-state index in [9.17, 15) is 9.59 Å². The van der Waals surface area contributed by atoms with E-state index in [-0.39, 0.29) is 18.2 Å². The summed E-state index contributed by atoms with van der Waals surface area (Å²) in [5.41, 5.74) is 0.594. The SMILES string of the molecule is CCOc1ccc(N2C(=O)C[C@H](NCCc3cccs3)C2=O)cc1. The number of nitrogens with zero attached hydrogens (tertiary/aromatic N) is 1. The molecule has 1 aromatic heterocycles. The van der Waals surface area contributed by atoms with E-state index in [1.807, 2.05) is 18.4 Å². The maximum Gasteiger partial charge on any atom is 0.251 e. The van der Waals surface area contributed by atoms with Crippen molar-refractivity contribution in [3.8, 4) is 5.75 Å². The summed E-state index contributed by atoms with van der Waals surface area (Å²) in [6.07, 6.45) is 1.06. The highest BCUT2D eigenvalue weighted by Crippen LogP contribution is 2.25. The number of carbonyl (C=O) groups is 2. The molecule has 0 radical (unpaired) electrons. The molecule has 1 fully saturated rings. The van der Waals surface area contributed by atoms with Crippen LogP contribution < -0.4 is 15.0 Å². The van der Waals surface area contributed by atoms with Gasteiger partial charge in [0.15, 0.2) is 0 Å². The molecule has 126 valence electrons. The van der Waals surface area contributed by atoms with E-state index >= 15 is 0 Å². The Labute approximate surface area is 145 Å². The van der Waals surface area contributed by atoms with E-state index in [2.05, 4.69) is 11.4 Å². The monoisotopic (exact) mass is 344 g/mol. The highest BCUT2D eigenvalue weighted by Gasteiger charge is 2.39. The summed E-state index contributed by atoms with van der Waals surface area (Å²) < 4.78 is 5.39. The van der Waals surface area contributed by atoms with Crippen LogP contribution in [0.25, 0.3) is 0 Å². The average molecular weight is 344 g/mol. The topological polar surface area (TPSA) is 58.6 Å². The van der Waals surface area contributed by atoms with Gasteiger partial charge < -0.3 is 10.1 Å². The molecule has 3 rings (SSSR count). The van der Waals surface area contributed by atoms with Crippen molar-refractivity contribution in [1.29, 1.82) is 0 Å². The largest absolute Gasteiger partial charge is 0.494 e. The third-order valence-corrected chi connectivity index (χ3v) is 4.83. The third-order valence-electron chi connectivity index (χ3n) is 3.89. The molecule has 1 aliphatic rings. The molecule has 1 atom stereocenters. The van der Waals surface area contributed by atoms with Crippen LogP contribution in [0.15, 0.2) is 41.8 Å². The number of imide groups is 1. The molecule has 0 spiro atoms. The third kappa shape index (κ3) is 3.66. The van der Waals surface area contributed by atoms with Crippen molar-refractivity contribution in [3.05, 3.63) is 46.7 Å². The molecule has 0 bridgehead atoms. The van der Waals surface area contributed by atoms with Gasteiger partial charge in [-0.1, -0.05) is 6.07 Å². The van der Waals surface area contributed by atoms with Gasteiger partial charge in [-0.15, -0.1) is 11.3 Å². The van der Waals surface area contributed by atoms with Crippen LogP contribution >= 0.6 is 11.3 Å².